The summed E-state index contributed by atoms with van der Waals surface area (Å²) in [5.74, 6) is 0.173. The summed E-state index contributed by atoms with van der Waals surface area (Å²) >= 11 is 9.40. The Morgan fingerprint density at radius 1 is 1.40 bits per heavy atom. The Hall–Kier alpha value is -0.0800. The molecular formula is C12H15BrClF. The molecule has 2 unspecified atom stereocenters. The minimum atomic E-state index is -0.326. The molecule has 0 nitrogen and oxygen atoms in total. The highest BCUT2D eigenvalue weighted by Gasteiger charge is 2.11. The number of hydrogen-bond acceptors (Lipinski definition) is 0. The van der Waals surface area contributed by atoms with Crippen molar-refractivity contribution in [1.29, 1.82) is 0 Å². The van der Waals surface area contributed by atoms with Crippen LogP contribution in [0.15, 0.2) is 18.2 Å². The van der Waals surface area contributed by atoms with Gasteiger partial charge in [0.25, 0.3) is 0 Å². The van der Waals surface area contributed by atoms with Crippen molar-refractivity contribution in [2.75, 3.05) is 0 Å². The van der Waals surface area contributed by atoms with Crippen LogP contribution in [0, 0.1) is 11.7 Å². The minimum Gasteiger partial charge on any atom is -0.205 e. The van der Waals surface area contributed by atoms with Crippen molar-refractivity contribution in [3.8, 4) is 0 Å². The third-order valence-electron chi connectivity index (χ3n) is 2.33. The van der Waals surface area contributed by atoms with Gasteiger partial charge < -0.3 is 0 Å². The fourth-order valence-electron chi connectivity index (χ4n) is 1.72. The lowest BCUT2D eigenvalue weighted by atomic mass is 9.97. The van der Waals surface area contributed by atoms with E-state index in [4.69, 9.17) is 11.6 Å². The molecule has 15 heavy (non-hydrogen) atoms. The first-order valence-corrected chi connectivity index (χ1v) is 6.37. The summed E-state index contributed by atoms with van der Waals surface area (Å²) < 4.78 is 13.2. The molecule has 0 saturated carbocycles. The molecule has 0 aliphatic carbocycles. The Morgan fingerprint density at radius 3 is 2.67 bits per heavy atom. The maximum Gasteiger partial charge on any atom is 0.142 e. The molecule has 0 saturated heterocycles. The SMILES string of the molecule is CC(Br)CC(C)Cc1cccc(F)c1Cl. The summed E-state index contributed by atoms with van der Waals surface area (Å²) in [5.41, 5.74) is 0.900. The van der Waals surface area contributed by atoms with E-state index in [1.54, 1.807) is 6.07 Å². The standard InChI is InChI=1S/C12H15BrClF/c1-8(6-9(2)13)7-10-4-3-5-11(15)12(10)14/h3-5,8-9H,6-7H2,1-2H3. The zero-order valence-electron chi connectivity index (χ0n) is 8.93. The summed E-state index contributed by atoms with van der Waals surface area (Å²) in [4.78, 5) is 0.486. The van der Waals surface area contributed by atoms with E-state index >= 15 is 0 Å². The van der Waals surface area contributed by atoms with Crippen LogP contribution in [0.1, 0.15) is 25.8 Å². The summed E-state index contributed by atoms with van der Waals surface area (Å²) in [7, 11) is 0. The molecular weight excluding hydrogens is 278 g/mol. The van der Waals surface area contributed by atoms with Gasteiger partial charge in [-0.1, -0.05) is 53.5 Å². The lowest BCUT2D eigenvalue weighted by Crippen LogP contribution is -2.05. The fraction of sp³-hybridized carbons (Fsp3) is 0.500. The van der Waals surface area contributed by atoms with Crippen molar-refractivity contribution >= 4 is 27.5 Å². The molecule has 84 valence electrons. The van der Waals surface area contributed by atoms with Gasteiger partial charge in [0, 0.05) is 4.83 Å². The predicted octanol–water partition coefficient (Wildman–Crippen LogP) is 4.83. The maximum absolute atomic E-state index is 13.2. The van der Waals surface area contributed by atoms with Crippen molar-refractivity contribution in [3.05, 3.63) is 34.6 Å². The first-order chi connectivity index (χ1) is 7.00. The summed E-state index contributed by atoms with van der Waals surface area (Å²) in [6.45, 7) is 4.27. The molecule has 1 aromatic carbocycles. The second-order valence-corrected chi connectivity index (χ2v) is 5.98. The lowest BCUT2D eigenvalue weighted by molar-refractivity contribution is 0.530. The molecule has 0 bridgehead atoms. The summed E-state index contributed by atoms with van der Waals surface area (Å²) in [6.07, 6.45) is 1.89. The Balaban J connectivity index is 2.68. The highest BCUT2D eigenvalue weighted by atomic mass is 79.9. The molecule has 0 aliphatic heterocycles. The Morgan fingerprint density at radius 2 is 2.07 bits per heavy atom. The van der Waals surface area contributed by atoms with Gasteiger partial charge in [0.05, 0.1) is 5.02 Å². The molecule has 0 amide bonds. The molecule has 2 atom stereocenters. The number of alkyl halides is 1. The van der Waals surface area contributed by atoms with Gasteiger partial charge in [0.1, 0.15) is 5.82 Å². The quantitative estimate of drug-likeness (QED) is 0.697. The molecule has 0 N–H and O–H groups in total. The highest BCUT2D eigenvalue weighted by molar-refractivity contribution is 9.09. The van der Waals surface area contributed by atoms with Crippen LogP contribution in [0.4, 0.5) is 4.39 Å². The van der Waals surface area contributed by atoms with Gasteiger partial charge in [-0.15, -0.1) is 0 Å². The van der Waals surface area contributed by atoms with E-state index in [9.17, 15) is 4.39 Å². The zero-order valence-corrected chi connectivity index (χ0v) is 11.3. The third-order valence-corrected chi connectivity index (χ3v) is 3.12. The van der Waals surface area contributed by atoms with Crippen molar-refractivity contribution in [1.82, 2.24) is 0 Å². The van der Waals surface area contributed by atoms with Gasteiger partial charge in [-0.3, -0.25) is 0 Å². The predicted molar refractivity (Wildman–Crippen MR) is 67.3 cm³/mol. The average Bonchev–Trinajstić information content (AvgIpc) is 2.11. The fourth-order valence-corrected chi connectivity index (χ4v) is 2.56. The first-order valence-electron chi connectivity index (χ1n) is 5.07. The third kappa shape index (κ3) is 4.12. The van der Waals surface area contributed by atoms with E-state index in [0.717, 1.165) is 18.4 Å². The van der Waals surface area contributed by atoms with Crippen molar-refractivity contribution < 1.29 is 4.39 Å². The molecule has 0 radical (unpaired) electrons. The van der Waals surface area contributed by atoms with Crippen LogP contribution < -0.4 is 0 Å². The molecule has 1 aromatic rings. The van der Waals surface area contributed by atoms with Crippen molar-refractivity contribution in [2.24, 2.45) is 5.92 Å². The van der Waals surface area contributed by atoms with Gasteiger partial charge in [-0.05, 0) is 30.4 Å². The Bertz CT molecular complexity index is 325. The molecule has 1 rings (SSSR count). The van der Waals surface area contributed by atoms with Crippen LogP contribution in [0.3, 0.4) is 0 Å². The van der Waals surface area contributed by atoms with Crippen molar-refractivity contribution in [3.63, 3.8) is 0 Å². The summed E-state index contributed by atoms with van der Waals surface area (Å²) in [6, 6.07) is 4.99. The number of hydrogen-bond donors (Lipinski definition) is 0. The van der Waals surface area contributed by atoms with Gasteiger partial charge >= 0.3 is 0 Å². The van der Waals surface area contributed by atoms with Crippen LogP contribution in [-0.4, -0.2) is 4.83 Å². The second kappa shape index (κ2) is 5.86. The van der Waals surface area contributed by atoms with Gasteiger partial charge in [0.2, 0.25) is 0 Å². The topological polar surface area (TPSA) is 0 Å². The monoisotopic (exact) mass is 292 g/mol. The van der Waals surface area contributed by atoms with E-state index in [-0.39, 0.29) is 10.8 Å². The van der Waals surface area contributed by atoms with Crippen LogP contribution >= 0.6 is 27.5 Å². The normalized spacial score (nSPS) is 15.0. The van der Waals surface area contributed by atoms with E-state index < -0.39 is 0 Å². The van der Waals surface area contributed by atoms with Crippen LogP contribution in [0.5, 0.6) is 0 Å². The average molecular weight is 294 g/mol. The molecule has 0 fully saturated rings. The van der Waals surface area contributed by atoms with Gasteiger partial charge in [-0.25, -0.2) is 4.39 Å². The highest BCUT2D eigenvalue weighted by Crippen LogP contribution is 2.24. The largest absolute Gasteiger partial charge is 0.205 e. The molecule has 0 aromatic heterocycles. The van der Waals surface area contributed by atoms with Gasteiger partial charge in [-0.2, -0.15) is 0 Å². The van der Waals surface area contributed by atoms with E-state index in [1.807, 2.05) is 6.07 Å². The Labute approximate surface area is 104 Å². The molecule has 0 spiro atoms. The number of benzene rings is 1. The van der Waals surface area contributed by atoms with Gasteiger partial charge in [0.15, 0.2) is 0 Å². The Kier molecular flexibility index (Phi) is 5.07. The van der Waals surface area contributed by atoms with Crippen molar-refractivity contribution in [2.45, 2.75) is 31.5 Å². The van der Waals surface area contributed by atoms with E-state index in [0.29, 0.717) is 10.7 Å². The van der Waals surface area contributed by atoms with Crippen LogP contribution in [-0.2, 0) is 6.42 Å². The lowest BCUT2D eigenvalue weighted by Gasteiger charge is -2.14. The minimum absolute atomic E-state index is 0.270. The molecule has 0 heterocycles. The first kappa shape index (κ1) is 13.0. The summed E-state index contributed by atoms with van der Waals surface area (Å²) in [5, 5.41) is 0.270. The van der Waals surface area contributed by atoms with Crippen LogP contribution in [0.25, 0.3) is 0 Å². The maximum atomic E-state index is 13.2. The number of halogens is 3. The van der Waals surface area contributed by atoms with E-state index in [1.165, 1.54) is 6.07 Å². The zero-order chi connectivity index (χ0) is 11.4. The molecule has 0 aliphatic rings. The number of rotatable bonds is 4. The molecule has 3 heteroatoms. The van der Waals surface area contributed by atoms with Crippen LogP contribution in [0.2, 0.25) is 5.02 Å². The van der Waals surface area contributed by atoms with E-state index in [2.05, 4.69) is 29.8 Å². The second-order valence-electron chi connectivity index (χ2n) is 4.04. The smallest absolute Gasteiger partial charge is 0.142 e.